The fourth-order valence-corrected chi connectivity index (χ4v) is 2.13. The number of fused-ring (bicyclic) bond motifs is 1. The van der Waals surface area contributed by atoms with Gasteiger partial charge in [0.1, 0.15) is 11.6 Å². The van der Waals surface area contributed by atoms with Gasteiger partial charge in [-0.05, 0) is 42.0 Å². The molecule has 1 aliphatic heterocycles. The summed E-state index contributed by atoms with van der Waals surface area (Å²) in [4.78, 5) is 11.8. The van der Waals surface area contributed by atoms with Crippen LogP contribution in [0.5, 0.6) is 17.2 Å². The first kappa shape index (κ1) is 15.1. The SMILES string of the molecule is O=C(CCOc1ccc(F)cc1)NCc1ccc2c(c1)OCO2. The van der Waals surface area contributed by atoms with Crippen molar-refractivity contribution >= 4 is 5.91 Å². The van der Waals surface area contributed by atoms with Crippen LogP contribution in [-0.4, -0.2) is 19.3 Å². The minimum atomic E-state index is -0.321. The third-order valence-electron chi connectivity index (χ3n) is 3.34. The van der Waals surface area contributed by atoms with Gasteiger partial charge < -0.3 is 19.5 Å². The molecule has 5 nitrogen and oxygen atoms in total. The molecule has 2 aromatic carbocycles. The zero-order valence-electron chi connectivity index (χ0n) is 12.4. The molecule has 0 bridgehead atoms. The molecular formula is C17H16FNO4. The van der Waals surface area contributed by atoms with Crippen LogP contribution in [-0.2, 0) is 11.3 Å². The first-order chi connectivity index (χ1) is 11.2. The summed E-state index contributed by atoms with van der Waals surface area (Å²) in [6, 6.07) is 11.2. The molecule has 23 heavy (non-hydrogen) atoms. The molecule has 0 unspecified atom stereocenters. The summed E-state index contributed by atoms with van der Waals surface area (Å²) in [5.41, 5.74) is 0.932. The van der Waals surface area contributed by atoms with Gasteiger partial charge in [0.2, 0.25) is 12.7 Å². The standard InChI is InChI=1S/C17H16FNO4/c18-13-2-4-14(5-3-13)21-8-7-17(20)19-10-12-1-6-15-16(9-12)23-11-22-15/h1-6,9H,7-8,10-11H2,(H,19,20). The number of benzene rings is 2. The molecule has 120 valence electrons. The minimum absolute atomic E-state index is 0.121. The first-order valence-corrected chi connectivity index (χ1v) is 7.24. The number of hydrogen-bond donors (Lipinski definition) is 1. The van der Waals surface area contributed by atoms with Crippen molar-refractivity contribution in [3.8, 4) is 17.2 Å². The summed E-state index contributed by atoms with van der Waals surface area (Å²) in [7, 11) is 0. The van der Waals surface area contributed by atoms with Crippen LogP contribution in [0.1, 0.15) is 12.0 Å². The van der Waals surface area contributed by atoms with E-state index in [2.05, 4.69) is 5.32 Å². The summed E-state index contributed by atoms with van der Waals surface area (Å²) in [5.74, 6) is 1.50. The lowest BCUT2D eigenvalue weighted by Gasteiger charge is -2.08. The fourth-order valence-electron chi connectivity index (χ4n) is 2.13. The van der Waals surface area contributed by atoms with Crippen molar-refractivity contribution < 1.29 is 23.4 Å². The van der Waals surface area contributed by atoms with Gasteiger partial charge in [-0.1, -0.05) is 6.07 Å². The number of halogens is 1. The molecule has 2 aromatic rings. The van der Waals surface area contributed by atoms with E-state index in [0.29, 0.717) is 23.8 Å². The third-order valence-corrected chi connectivity index (χ3v) is 3.34. The molecule has 0 spiro atoms. The number of carbonyl (C=O) groups is 1. The molecule has 6 heteroatoms. The van der Waals surface area contributed by atoms with Gasteiger partial charge in [0, 0.05) is 6.54 Å². The molecular weight excluding hydrogens is 301 g/mol. The highest BCUT2D eigenvalue weighted by molar-refractivity contribution is 5.76. The van der Waals surface area contributed by atoms with E-state index in [1.54, 1.807) is 0 Å². The van der Waals surface area contributed by atoms with Crippen molar-refractivity contribution in [2.75, 3.05) is 13.4 Å². The Balaban J connectivity index is 1.40. The van der Waals surface area contributed by atoms with Gasteiger partial charge >= 0.3 is 0 Å². The van der Waals surface area contributed by atoms with Gasteiger partial charge in [0.25, 0.3) is 0 Å². The number of ether oxygens (including phenoxy) is 3. The lowest BCUT2D eigenvalue weighted by Crippen LogP contribution is -2.24. The lowest BCUT2D eigenvalue weighted by molar-refractivity contribution is -0.121. The first-order valence-electron chi connectivity index (χ1n) is 7.24. The van der Waals surface area contributed by atoms with Gasteiger partial charge in [0.15, 0.2) is 11.5 Å². The second-order valence-electron chi connectivity index (χ2n) is 5.02. The molecule has 0 fully saturated rings. The summed E-state index contributed by atoms with van der Waals surface area (Å²) < 4.78 is 28.6. The zero-order valence-corrected chi connectivity index (χ0v) is 12.4. The smallest absolute Gasteiger partial charge is 0.231 e. The van der Waals surface area contributed by atoms with Crippen molar-refractivity contribution in [2.45, 2.75) is 13.0 Å². The highest BCUT2D eigenvalue weighted by atomic mass is 19.1. The van der Waals surface area contributed by atoms with Crippen molar-refractivity contribution in [3.63, 3.8) is 0 Å². The van der Waals surface area contributed by atoms with E-state index >= 15 is 0 Å². The van der Waals surface area contributed by atoms with E-state index in [1.807, 2.05) is 18.2 Å². The highest BCUT2D eigenvalue weighted by Gasteiger charge is 2.13. The van der Waals surface area contributed by atoms with Crippen LogP contribution < -0.4 is 19.5 Å². The Morgan fingerprint density at radius 2 is 1.91 bits per heavy atom. The Hall–Kier alpha value is -2.76. The Labute approximate surface area is 133 Å². The molecule has 1 aliphatic rings. The van der Waals surface area contributed by atoms with Crippen LogP contribution in [0.2, 0.25) is 0 Å². The summed E-state index contributed by atoms with van der Waals surface area (Å²) in [6.45, 7) is 0.872. The lowest BCUT2D eigenvalue weighted by atomic mass is 10.2. The van der Waals surface area contributed by atoms with E-state index in [4.69, 9.17) is 14.2 Å². The van der Waals surface area contributed by atoms with Gasteiger partial charge in [0.05, 0.1) is 13.0 Å². The quantitative estimate of drug-likeness (QED) is 0.890. The molecule has 1 N–H and O–H groups in total. The normalized spacial score (nSPS) is 12.0. The van der Waals surface area contributed by atoms with Gasteiger partial charge in [-0.2, -0.15) is 0 Å². The molecule has 0 radical (unpaired) electrons. The van der Waals surface area contributed by atoms with E-state index in [-0.39, 0.29) is 31.5 Å². The molecule has 0 aromatic heterocycles. The minimum Gasteiger partial charge on any atom is -0.493 e. The largest absolute Gasteiger partial charge is 0.493 e. The topological polar surface area (TPSA) is 56.8 Å². The monoisotopic (exact) mass is 317 g/mol. The van der Waals surface area contributed by atoms with Crippen molar-refractivity contribution in [1.82, 2.24) is 5.32 Å². The van der Waals surface area contributed by atoms with Crippen LogP contribution in [0.15, 0.2) is 42.5 Å². The molecule has 0 saturated heterocycles. The maximum absolute atomic E-state index is 12.7. The van der Waals surface area contributed by atoms with Crippen molar-refractivity contribution in [2.24, 2.45) is 0 Å². The van der Waals surface area contributed by atoms with Crippen LogP contribution >= 0.6 is 0 Å². The second-order valence-corrected chi connectivity index (χ2v) is 5.02. The summed E-state index contributed by atoms with van der Waals surface area (Å²) >= 11 is 0. The Bertz CT molecular complexity index is 687. The zero-order chi connectivity index (χ0) is 16.1. The van der Waals surface area contributed by atoms with E-state index in [1.165, 1.54) is 24.3 Å². The molecule has 1 amide bonds. The van der Waals surface area contributed by atoms with Gasteiger partial charge in [-0.3, -0.25) is 4.79 Å². The molecule has 0 atom stereocenters. The molecule has 0 saturated carbocycles. The molecule has 0 aliphatic carbocycles. The maximum Gasteiger partial charge on any atom is 0.231 e. The third kappa shape index (κ3) is 4.12. The van der Waals surface area contributed by atoms with Crippen molar-refractivity contribution in [3.05, 3.63) is 53.8 Å². The Kier molecular flexibility index (Phi) is 4.61. The van der Waals surface area contributed by atoms with Crippen LogP contribution in [0.3, 0.4) is 0 Å². The number of carbonyl (C=O) groups excluding carboxylic acids is 1. The van der Waals surface area contributed by atoms with Crippen LogP contribution in [0.4, 0.5) is 4.39 Å². The van der Waals surface area contributed by atoms with Crippen molar-refractivity contribution in [1.29, 1.82) is 0 Å². The predicted octanol–water partition coefficient (Wildman–Crippen LogP) is 2.64. The highest BCUT2D eigenvalue weighted by Crippen LogP contribution is 2.32. The van der Waals surface area contributed by atoms with E-state index in [9.17, 15) is 9.18 Å². The van der Waals surface area contributed by atoms with Gasteiger partial charge in [-0.25, -0.2) is 4.39 Å². The number of hydrogen-bond acceptors (Lipinski definition) is 4. The number of nitrogens with one attached hydrogen (secondary N) is 1. The number of amides is 1. The Morgan fingerprint density at radius 3 is 2.74 bits per heavy atom. The second kappa shape index (κ2) is 7.00. The average Bonchev–Trinajstić information content (AvgIpc) is 3.02. The van der Waals surface area contributed by atoms with Crippen LogP contribution in [0.25, 0.3) is 0 Å². The van der Waals surface area contributed by atoms with E-state index in [0.717, 1.165) is 5.56 Å². The summed E-state index contributed by atoms with van der Waals surface area (Å²) in [6.07, 6.45) is 0.224. The maximum atomic E-state index is 12.7. The predicted molar refractivity (Wildman–Crippen MR) is 80.9 cm³/mol. The Morgan fingerprint density at radius 1 is 1.13 bits per heavy atom. The van der Waals surface area contributed by atoms with E-state index < -0.39 is 0 Å². The summed E-state index contributed by atoms with van der Waals surface area (Å²) in [5, 5.41) is 2.81. The van der Waals surface area contributed by atoms with Crippen LogP contribution in [0, 0.1) is 5.82 Å². The molecule has 3 rings (SSSR count). The number of rotatable bonds is 6. The average molecular weight is 317 g/mol. The molecule has 1 heterocycles. The van der Waals surface area contributed by atoms with Gasteiger partial charge in [-0.15, -0.1) is 0 Å². The fraction of sp³-hybridized carbons (Fsp3) is 0.235.